The van der Waals surface area contributed by atoms with Crippen molar-refractivity contribution in [3.05, 3.63) is 39.2 Å². The first-order chi connectivity index (χ1) is 9.51. The molecule has 1 aromatic carbocycles. The van der Waals surface area contributed by atoms with Crippen LogP contribution in [0.15, 0.2) is 22.7 Å². The molecule has 0 aliphatic heterocycles. The summed E-state index contributed by atoms with van der Waals surface area (Å²) in [4.78, 5) is 14.7. The fraction of sp³-hybridized carbons (Fsp3) is 0.333. The monoisotopic (exact) mass is 296 g/mol. The quantitative estimate of drug-likeness (QED) is 0.673. The molecule has 20 heavy (non-hydrogen) atoms. The summed E-state index contributed by atoms with van der Waals surface area (Å²) in [5, 5.41) is 18.2. The number of halogens is 1. The van der Waals surface area contributed by atoms with Gasteiger partial charge < -0.3 is 9.84 Å². The molecule has 0 amide bonds. The topological polar surface area (TPSA) is 94.1 Å². The number of nitrogens with zero attached hydrogens (tertiary/aromatic N) is 3. The summed E-state index contributed by atoms with van der Waals surface area (Å²) in [6, 6.07) is 4.38. The van der Waals surface area contributed by atoms with Crippen LogP contribution in [0.4, 0.5) is 5.69 Å². The van der Waals surface area contributed by atoms with Crippen LogP contribution < -0.4 is 5.32 Å². The average molecular weight is 297 g/mol. The molecule has 8 heteroatoms. The van der Waals surface area contributed by atoms with Gasteiger partial charge in [0.05, 0.1) is 4.92 Å². The highest BCUT2D eigenvalue weighted by Gasteiger charge is 2.21. The molecule has 0 aliphatic rings. The summed E-state index contributed by atoms with van der Waals surface area (Å²) in [7, 11) is 1.83. The van der Waals surface area contributed by atoms with Crippen LogP contribution in [0.1, 0.15) is 12.7 Å². The van der Waals surface area contributed by atoms with Gasteiger partial charge in [0.2, 0.25) is 0 Å². The Labute approximate surface area is 120 Å². The lowest BCUT2D eigenvalue weighted by Crippen LogP contribution is -2.24. The molecule has 1 unspecified atom stereocenters. The van der Waals surface area contributed by atoms with E-state index in [9.17, 15) is 10.1 Å². The van der Waals surface area contributed by atoms with E-state index in [0.29, 0.717) is 17.3 Å². The standard InChI is InChI=1S/C12H13ClN4O3/c1-7(14-2)5-11-15-12(20-16-11)9-6-8(13)3-4-10(9)17(18)19/h3-4,6-7,14H,5H2,1-2H3. The number of hydrogen-bond donors (Lipinski definition) is 1. The molecule has 0 saturated carbocycles. The number of benzene rings is 1. The largest absolute Gasteiger partial charge is 0.334 e. The summed E-state index contributed by atoms with van der Waals surface area (Å²) in [6.45, 7) is 1.97. The molecule has 106 valence electrons. The highest BCUT2D eigenvalue weighted by molar-refractivity contribution is 6.31. The Morgan fingerprint density at radius 3 is 2.95 bits per heavy atom. The molecular weight excluding hydrogens is 284 g/mol. The second kappa shape index (κ2) is 5.98. The molecule has 2 aromatic rings. The Morgan fingerprint density at radius 1 is 1.55 bits per heavy atom. The summed E-state index contributed by atoms with van der Waals surface area (Å²) in [5.41, 5.74) is 0.102. The van der Waals surface area contributed by atoms with Crippen LogP contribution in [0.2, 0.25) is 5.02 Å². The molecule has 7 nitrogen and oxygen atoms in total. The zero-order chi connectivity index (χ0) is 14.7. The number of likely N-dealkylation sites (N-methyl/N-ethyl adjacent to an activating group) is 1. The zero-order valence-electron chi connectivity index (χ0n) is 11.0. The van der Waals surface area contributed by atoms with E-state index in [4.69, 9.17) is 16.1 Å². The van der Waals surface area contributed by atoms with Crippen molar-refractivity contribution in [3.8, 4) is 11.5 Å². The average Bonchev–Trinajstić information content (AvgIpc) is 2.86. The van der Waals surface area contributed by atoms with Gasteiger partial charge in [-0.25, -0.2) is 0 Å². The van der Waals surface area contributed by atoms with Crippen molar-refractivity contribution in [2.45, 2.75) is 19.4 Å². The van der Waals surface area contributed by atoms with Crippen LogP contribution in [0, 0.1) is 10.1 Å². The van der Waals surface area contributed by atoms with Crippen LogP contribution in [0.25, 0.3) is 11.5 Å². The smallest absolute Gasteiger partial charge is 0.282 e. The minimum absolute atomic E-state index is 0.0949. The third-order valence-corrected chi connectivity index (χ3v) is 3.07. The van der Waals surface area contributed by atoms with Gasteiger partial charge >= 0.3 is 0 Å². The van der Waals surface area contributed by atoms with Crippen molar-refractivity contribution < 1.29 is 9.45 Å². The van der Waals surface area contributed by atoms with Gasteiger partial charge in [-0.15, -0.1) is 0 Å². The van der Waals surface area contributed by atoms with Gasteiger partial charge in [-0.05, 0) is 26.1 Å². The summed E-state index contributed by atoms with van der Waals surface area (Å²) >= 11 is 5.86. The van der Waals surface area contributed by atoms with Gasteiger partial charge in [-0.2, -0.15) is 4.98 Å². The molecule has 2 rings (SSSR count). The van der Waals surface area contributed by atoms with Gasteiger partial charge in [0.15, 0.2) is 5.82 Å². The first-order valence-corrected chi connectivity index (χ1v) is 6.33. The van der Waals surface area contributed by atoms with Crippen molar-refractivity contribution in [2.24, 2.45) is 0 Å². The normalized spacial score (nSPS) is 12.3. The van der Waals surface area contributed by atoms with Gasteiger partial charge in [-0.3, -0.25) is 10.1 Å². The van der Waals surface area contributed by atoms with Gasteiger partial charge in [0.1, 0.15) is 5.56 Å². The van der Waals surface area contributed by atoms with Crippen molar-refractivity contribution in [1.82, 2.24) is 15.5 Å². The second-order valence-corrected chi connectivity index (χ2v) is 4.76. The van der Waals surface area contributed by atoms with Crippen molar-refractivity contribution in [3.63, 3.8) is 0 Å². The first kappa shape index (κ1) is 14.4. The third kappa shape index (κ3) is 3.12. The highest BCUT2D eigenvalue weighted by atomic mass is 35.5. The number of nitro groups is 1. The lowest BCUT2D eigenvalue weighted by atomic mass is 10.2. The Kier molecular flexibility index (Phi) is 4.31. The molecule has 1 heterocycles. The molecular formula is C12H13ClN4O3. The first-order valence-electron chi connectivity index (χ1n) is 5.95. The second-order valence-electron chi connectivity index (χ2n) is 4.33. The minimum Gasteiger partial charge on any atom is -0.334 e. The molecule has 0 saturated heterocycles. The highest BCUT2D eigenvalue weighted by Crippen LogP contribution is 2.31. The zero-order valence-corrected chi connectivity index (χ0v) is 11.7. The summed E-state index contributed by atoms with van der Waals surface area (Å²) in [6.07, 6.45) is 0.564. The molecule has 1 N–H and O–H groups in total. The maximum atomic E-state index is 11.0. The molecule has 1 atom stereocenters. The summed E-state index contributed by atoms with van der Waals surface area (Å²) < 4.78 is 5.09. The van der Waals surface area contributed by atoms with E-state index in [2.05, 4.69) is 15.5 Å². The number of nitro benzene ring substituents is 1. The predicted molar refractivity (Wildman–Crippen MR) is 73.6 cm³/mol. The van der Waals surface area contributed by atoms with Crippen molar-refractivity contribution in [1.29, 1.82) is 0 Å². The van der Waals surface area contributed by atoms with E-state index in [-0.39, 0.29) is 23.2 Å². The lowest BCUT2D eigenvalue weighted by Gasteiger charge is -2.04. The maximum absolute atomic E-state index is 11.0. The Morgan fingerprint density at radius 2 is 2.30 bits per heavy atom. The molecule has 0 spiro atoms. The van der Waals surface area contributed by atoms with E-state index >= 15 is 0 Å². The number of nitrogens with one attached hydrogen (secondary N) is 1. The van der Waals surface area contributed by atoms with Gasteiger partial charge in [0, 0.05) is 23.6 Å². The van der Waals surface area contributed by atoms with Crippen LogP contribution in [0.3, 0.4) is 0 Å². The number of aromatic nitrogens is 2. The van der Waals surface area contributed by atoms with Crippen LogP contribution in [-0.2, 0) is 6.42 Å². The van der Waals surface area contributed by atoms with Crippen molar-refractivity contribution in [2.75, 3.05) is 7.05 Å². The molecule has 0 aliphatic carbocycles. The fourth-order valence-corrected chi connectivity index (χ4v) is 1.83. The van der Waals surface area contributed by atoms with E-state index in [1.54, 1.807) is 0 Å². The molecule has 0 bridgehead atoms. The summed E-state index contributed by atoms with van der Waals surface area (Å²) in [5.74, 6) is 0.577. The Bertz CT molecular complexity index is 629. The minimum atomic E-state index is -0.508. The maximum Gasteiger partial charge on any atom is 0.282 e. The SMILES string of the molecule is CNC(C)Cc1noc(-c2cc(Cl)ccc2[N+](=O)[O-])n1. The third-order valence-electron chi connectivity index (χ3n) is 2.84. The molecule has 0 fully saturated rings. The Balaban J connectivity index is 2.36. The van der Waals surface area contributed by atoms with E-state index in [1.807, 2.05) is 14.0 Å². The Hall–Kier alpha value is -1.99. The van der Waals surface area contributed by atoms with E-state index in [1.165, 1.54) is 18.2 Å². The lowest BCUT2D eigenvalue weighted by molar-refractivity contribution is -0.384. The van der Waals surface area contributed by atoms with Crippen LogP contribution >= 0.6 is 11.6 Å². The van der Waals surface area contributed by atoms with E-state index in [0.717, 1.165) is 0 Å². The van der Waals surface area contributed by atoms with Crippen molar-refractivity contribution >= 4 is 17.3 Å². The van der Waals surface area contributed by atoms with Gasteiger partial charge in [0.25, 0.3) is 11.6 Å². The molecule has 1 aromatic heterocycles. The van der Waals surface area contributed by atoms with Gasteiger partial charge in [-0.1, -0.05) is 16.8 Å². The fourth-order valence-electron chi connectivity index (χ4n) is 1.66. The van der Waals surface area contributed by atoms with Crippen LogP contribution in [0.5, 0.6) is 0 Å². The number of hydrogen-bond acceptors (Lipinski definition) is 6. The van der Waals surface area contributed by atoms with E-state index < -0.39 is 4.92 Å². The number of rotatable bonds is 5. The predicted octanol–water partition coefficient (Wildman–Crippen LogP) is 2.45. The molecule has 0 radical (unpaired) electrons. The van der Waals surface area contributed by atoms with Crippen LogP contribution in [-0.4, -0.2) is 28.2 Å².